The van der Waals surface area contributed by atoms with Gasteiger partial charge in [0.15, 0.2) is 12.1 Å². The van der Waals surface area contributed by atoms with Gasteiger partial charge in [-0.15, -0.1) is 0 Å². The van der Waals surface area contributed by atoms with Gasteiger partial charge in [-0.3, -0.25) is 0 Å². The molecule has 4 aliphatic carbocycles. The van der Waals surface area contributed by atoms with Gasteiger partial charge in [0.1, 0.15) is 36.1 Å². The third-order valence-electron chi connectivity index (χ3n) is 14.4. The zero-order chi connectivity index (χ0) is 31.6. The second kappa shape index (κ2) is 10.8. The Balaban J connectivity index is 1.10. The molecule has 0 aromatic heterocycles. The molecule has 19 atom stereocenters. The van der Waals surface area contributed by atoms with Crippen molar-refractivity contribution in [2.24, 2.45) is 46.3 Å². The molecule has 11 nitrogen and oxygen atoms in total. The smallest absolute Gasteiger partial charge is 0.187 e. The highest BCUT2D eigenvalue weighted by molar-refractivity contribution is 5.21. The number of aliphatic hydroxyl groups is 7. The lowest BCUT2D eigenvalue weighted by atomic mass is 9.41. The summed E-state index contributed by atoms with van der Waals surface area (Å²) in [7, 11) is 0. The van der Waals surface area contributed by atoms with Gasteiger partial charge in [-0.05, 0) is 73.5 Å². The minimum absolute atomic E-state index is 0.00380. The first-order chi connectivity index (χ1) is 20.7. The van der Waals surface area contributed by atoms with Crippen molar-refractivity contribution >= 4 is 0 Å². The quantitative estimate of drug-likeness (QED) is 0.219. The maximum absolute atomic E-state index is 12.3. The predicted octanol–water partition coefficient (Wildman–Crippen LogP) is 0.675. The van der Waals surface area contributed by atoms with E-state index in [9.17, 15) is 35.7 Å². The summed E-state index contributed by atoms with van der Waals surface area (Å²) >= 11 is 0. The molecule has 0 unspecified atom stereocenters. The SMILES string of the molecule is C[C@H]1CC[C@@]2(OC1)O[C@H]1C[C@@H]3[C@@H]4CC[C@]5(O)[C@@H](O)[C@@H](O[C@@H]6O[C@H](CO)[C@@H](O)[C@H](O)[C@H]6O)C[C@@H](O)[C@]5(C)[C@H]4CC[C@]3(C)[C@H]1[C@@H]2C. The van der Waals surface area contributed by atoms with Crippen LogP contribution in [0.3, 0.4) is 0 Å². The van der Waals surface area contributed by atoms with Gasteiger partial charge in [-0.2, -0.15) is 0 Å². The summed E-state index contributed by atoms with van der Waals surface area (Å²) in [5.41, 5.74) is -2.56. The van der Waals surface area contributed by atoms with Crippen molar-refractivity contribution in [1.82, 2.24) is 0 Å². The number of aliphatic hydroxyl groups excluding tert-OH is 6. The van der Waals surface area contributed by atoms with Crippen molar-refractivity contribution in [1.29, 1.82) is 0 Å². The highest BCUT2D eigenvalue weighted by Gasteiger charge is 2.73. The van der Waals surface area contributed by atoms with Gasteiger partial charge in [0, 0.05) is 24.2 Å². The predicted molar refractivity (Wildman–Crippen MR) is 155 cm³/mol. The molecule has 3 saturated heterocycles. The summed E-state index contributed by atoms with van der Waals surface area (Å²) in [6.07, 6.45) is -4.96. The average Bonchev–Trinajstić information content (AvgIpc) is 3.44. The monoisotopic (exact) mass is 626 g/mol. The lowest BCUT2D eigenvalue weighted by molar-refractivity contribution is -0.351. The lowest BCUT2D eigenvalue weighted by Gasteiger charge is -2.66. The van der Waals surface area contributed by atoms with Crippen LogP contribution < -0.4 is 0 Å². The van der Waals surface area contributed by atoms with Crippen molar-refractivity contribution in [3.63, 3.8) is 0 Å². The highest BCUT2D eigenvalue weighted by atomic mass is 16.7. The fourth-order valence-corrected chi connectivity index (χ4v) is 11.8. The summed E-state index contributed by atoms with van der Waals surface area (Å²) in [6.45, 7) is 9.04. The second-order valence-corrected chi connectivity index (χ2v) is 16.2. The van der Waals surface area contributed by atoms with E-state index >= 15 is 0 Å². The summed E-state index contributed by atoms with van der Waals surface area (Å²) in [6, 6.07) is 0. The third kappa shape index (κ3) is 4.20. The highest BCUT2D eigenvalue weighted by Crippen LogP contribution is 2.72. The molecule has 0 radical (unpaired) electrons. The molecule has 0 bridgehead atoms. The van der Waals surface area contributed by atoms with E-state index in [2.05, 4.69) is 20.8 Å². The van der Waals surface area contributed by atoms with Gasteiger partial charge >= 0.3 is 0 Å². The van der Waals surface area contributed by atoms with Crippen LogP contribution in [0.4, 0.5) is 0 Å². The van der Waals surface area contributed by atoms with E-state index in [4.69, 9.17) is 18.9 Å². The number of hydrogen-bond donors (Lipinski definition) is 7. The second-order valence-electron chi connectivity index (χ2n) is 16.2. The van der Waals surface area contributed by atoms with Gasteiger partial charge in [0.05, 0.1) is 31.5 Å². The third-order valence-corrected chi connectivity index (χ3v) is 14.4. The van der Waals surface area contributed by atoms with Crippen LogP contribution >= 0.6 is 0 Å². The van der Waals surface area contributed by atoms with Crippen LogP contribution in [-0.2, 0) is 18.9 Å². The Bertz CT molecular complexity index is 1080. The molecule has 44 heavy (non-hydrogen) atoms. The van der Waals surface area contributed by atoms with E-state index in [1.54, 1.807) is 0 Å². The maximum Gasteiger partial charge on any atom is 0.187 e. The Morgan fingerprint density at radius 3 is 2.30 bits per heavy atom. The Kier molecular flexibility index (Phi) is 7.87. The van der Waals surface area contributed by atoms with Crippen LogP contribution in [0.25, 0.3) is 0 Å². The standard InChI is InChI=1S/C33H54O11/c1-15-5-10-33(41-14-15)16(2)24-20(44-33)11-19-17-6-9-32(40)28(39)21(42-29-27(38)26(37)25(36)22(13-34)43-29)12-23(35)31(32,4)18(17)7-8-30(19,24)3/h15-29,34-40H,5-14H2,1-4H3/t15-,16-,17+,18-,19+,20-,21-,22+,23+,24-,25+,26-,27+,28-,29+,30-,31-,32-,33+/m0/s1. The van der Waals surface area contributed by atoms with Crippen LogP contribution in [-0.4, -0.2) is 115 Å². The molecular weight excluding hydrogens is 572 g/mol. The van der Waals surface area contributed by atoms with Crippen molar-refractivity contribution in [2.45, 2.75) is 146 Å². The molecule has 11 heteroatoms. The Morgan fingerprint density at radius 2 is 1.61 bits per heavy atom. The van der Waals surface area contributed by atoms with Crippen molar-refractivity contribution in [3.8, 4) is 0 Å². The zero-order valence-corrected chi connectivity index (χ0v) is 26.5. The molecule has 3 heterocycles. The Morgan fingerprint density at radius 1 is 0.864 bits per heavy atom. The maximum atomic E-state index is 12.3. The largest absolute Gasteiger partial charge is 0.394 e. The first-order valence-electron chi connectivity index (χ1n) is 17.1. The van der Waals surface area contributed by atoms with Crippen LogP contribution in [0, 0.1) is 46.3 Å². The molecule has 4 saturated carbocycles. The number of hydrogen-bond acceptors (Lipinski definition) is 11. The van der Waals surface area contributed by atoms with Gasteiger partial charge in [0.25, 0.3) is 0 Å². The van der Waals surface area contributed by atoms with E-state index in [1.165, 1.54) is 0 Å². The van der Waals surface area contributed by atoms with E-state index < -0.39 is 72.4 Å². The van der Waals surface area contributed by atoms with Crippen LogP contribution in [0.5, 0.6) is 0 Å². The zero-order valence-electron chi connectivity index (χ0n) is 26.5. The number of rotatable bonds is 3. The fourth-order valence-electron chi connectivity index (χ4n) is 11.8. The first kappa shape index (κ1) is 32.1. The summed E-state index contributed by atoms with van der Waals surface area (Å²) in [5, 5.41) is 76.3. The van der Waals surface area contributed by atoms with Crippen LogP contribution in [0.1, 0.15) is 79.1 Å². The molecule has 252 valence electrons. The summed E-state index contributed by atoms with van der Waals surface area (Å²) in [5.74, 6) is 1.41. The molecule has 0 aromatic rings. The summed E-state index contributed by atoms with van der Waals surface area (Å²) in [4.78, 5) is 0. The average molecular weight is 627 g/mol. The summed E-state index contributed by atoms with van der Waals surface area (Å²) < 4.78 is 24.8. The lowest BCUT2D eigenvalue weighted by Crippen LogP contribution is -2.74. The molecule has 7 fully saturated rings. The topological polar surface area (TPSA) is 179 Å². The van der Waals surface area contributed by atoms with Crippen LogP contribution in [0.2, 0.25) is 0 Å². The normalized spacial score (nSPS) is 62.1. The van der Waals surface area contributed by atoms with Crippen LogP contribution in [0.15, 0.2) is 0 Å². The van der Waals surface area contributed by atoms with Crippen molar-refractivity contribution in [2.75, 3.05) is 13.2 Å². The molecule has 7 aliphatic rings. The van der Waals surface area contributed by atoms with Gasteiger partial charge in [-0.25, -0.2) is 0 Å². The molecule has 0 aromatic carbocycles. The minimum atomic E-state index is -1.65. The minimum Gasteiger partial charge on any atom is -0.394 e. The van der Waals surface area contributed by atoms with Gasteiger partial charge < -0.3 is 54.7 Å². The molecule has 7 N–H and O–H groups in total. The molecule has 3 aliphatic heterocycles. The number of fused-ring (bicyclic) bond motifs is 7. The van der Waals surface area contributed by atoms with E-state index in [1.807, 2.05) is 6.92 Å². The van der Waals surface area contributed by atoms with Gasteiger partial charge in [-0.1, -0.05) is 27.7 Å². The first-order valence-corrected chi connectivity index (χ1v) is 17.1. The number of ether oxygens (including phenoxy) is 4. The molecule has 0 amide bonds. The Labute approximate surface area is 259 Å². The van der Waals surface area contributed by atoms with Crippen molar-refractivity contribution in [3.05, 3.63) is 0 Å². The molecule has 1 spiro atoms. The van der Waals surface area contributed by atoms with E-state index in [0.717, 1.165) is 38.7 Å². The fraction of sp³-hybridized carbons (Fsp3) is 1.00. The molecular formula is C33H54O11. The van der Waals surface area contributed by atoms with E-state index in [-0.39, 0.29) is 29.8 Å². The van der Waals surface area contributed by atoms with Crippen molar-refractivity contribution < 1.29 is 54.7 Å². The Hall–Kier alpha value is -0.440. The molecule has 7 rings (SSSR count). The van der Waals surface area contributed by atoms with Gasteiger partial charge in [0.2, 0.25) is 0 Å². The van der Waals surface area contributed by atoms with E-state index in [0.29, 0.717) is 36.5 Å².